The van der Waals surface area contributed by atoms with Gasteiger partial charge in [-0.25, -0.2) is 0 Å². The van der Waals surface area contributed by atoms with Gasteiger partial charge >= 0.3 is 0 Å². The number of thioether (sulfide) groups is 1. The second-order valence-corrected chi connectivity index (χ2v) is 7.41. The summed E-state index contributed by atoms with van der Waals surface area (Å²) in [5.41, 5.74) is 0. The van der Waals surface area contributed by atoms with Crippen LogP contribution in [0, 0.1) is 0 Å². The highest BCUT2D eigenvalue weighted by atomic mass is 32.2. The first kappa shape index (κ1) is 17.1. The molecular weight excluding hydrogens is 272 g/mol. The van der Waals surface area contributed by atoms with Crippen LogP contribution in [0.15, 0.2) is 4.99 Å². The fraction of sp³-hybridized carbons (Fsp3) is 0.857. The molecule has 1 aliphatic rings. The lowest BCUT2D eigenvalue weighted by Gasteiger charge is -2.24. The fourth-order valence-corrected chi connectivity index (χ4v) is 3.40. The van der Waals surface area contributed by atoms with Gasteiger partial charge in [0.25, 0.3) is 0 Å². The molecule has 1 heterocycles. The molecule has 1 atom stereocenters. The van der Waals surface area contributed by atoms with Crippen molar-refractivity contribution in [1.82, 2.24) is 16.0 Å². The zero-order valence-electron chi connectivity index (χ0n) is 13.1. The van der Waals surface area contributed by atoms with Crippen LogP contribution in [-0.2, 0) is 4.79 Å². The highest BCUT2D eigenvalue weighted by Gasteiger charge is 2.29. The Labute approximate surface area is 126 Å². The predicted molar refractivity (Wildman–Crippen MR) is 87.4 cm³/mol. The monoisotopic (exact) mass is 300 g/mol. The molecule has 0 spiro atoms. The number of hydrogen-bond donors (Lipinski definition) is 3. The molecule has 1 fully saturated rings. The molecule has 1 aliphatic heterocycles. The van der Waals surface area contributed by atoms with Gasteiger partial charge in [-0.3, -0.25) is 9.79 Å². The van der Waals surface area contributed by atoms with Crippen LogP contribution in [0.4, 0.5) is 0 Å². The molecule has 1 saturated heterocycles. The first-order valence-corrected chi connectivity index (χ1v) is 8.31. The Morgan fingerprint density at radius 1 is 1.40 bits per heavy atom. The van der Waals surface area contributed by atoms with Crippen molar-refractivity contribution in [3.05, 3.63) is 0 Å². The molecule has 0 aliphatic carbocycles. The normalized spacial score (nSPS) is 22.9. The van der Waals surface area contributed by atoms with Gasteiger partial charge < -0.3 is 16.0 Å². The van der Waals surface area contributed by atoms with Gasteiger partial charge in [0.15, 0.2) is 5.96 Å². The molecular formula is C14H28N4OS. The van der Waals surface area contributed by atoms with E-state index in [1.807, 2.05) is 25.6 Å². The number of carbonyl (C=O) groups excluding carboxylic acids is 1. The molecule has 0 saturated carbocycles. The van der Waals surface area contributed by atoms with Gasteiger partial charge in [-0.1, -0.05) is 0 Å². The van der Waals surface area contributed by atoms with Crippen LogP contribution < -0.4 is 16.0 Å². The topological polar surface area (TPSA) is 65.5 Å². The summed E-state index contributed by atoms with van der Waals surface area (Å²) >= 11 is 2.02. The fourth-order valence-electron chi connectivity index (χ4n) is 2.16. The molecule has 1 unspecified atom stereocenters. The van der Waals surface area contributed by atoms with E-state index < -0.39 is 0 Å². The lowest BCUT2D eigenvalue weighted by atomic mass is 10.1. The number of aliphatic imine (C=N–C) groups is 1. The standard InChI is InChI=1S/C14H28N4OS/c1-11(2)18-12(19)6-8-16-13(15-4)17-10-14(3)7-5-9-20-14/h11H,5-10H2,1-4H3,(H,18,19)(H2,15,16,17). The van der Waals surface area contributed by atoms with Crippen molar-refractivity contribution >= 4 is 23.6 Å². The summed E-state index contributed by atoms with van der Waals surface area (Å²) in [6.07, 6.45) is 3.01. The van der Waals surface area contributed by atoms with Crippen LogP contribution in [-0.4, -0.2) is 48.5 Å². The molecule has 0 bridgehead atoms. The van der Waals surface area contributed by atoms with E-state index in [1.54, 1.807) is 7.05 Å². The summed E-state index contributed by atoms with van der Waals surface area (Å²) in [6, 6.07) is 0.194. The van der Waals surface area contributed by atoms with Crippen LogP contribution in [0.3, 0.4) is 0 Å². The third-order valence-electron chi connectivity index (χ3n) is 3.25. The smallest absolute Gasteiger partial charge is 0.221 e. The molecule has 0 aromatic heterocycles. The van der Waals surface area contributed by atoms with E-state index in [1.165, 1.54) is 18.6 Å². The second kappa shape index (κ2) is 8.39. The Hall–Kier alpha value is -0.910. The maximum Gasteiger partial charge on any atom is 0.221 e. The van der Waals surface area contributed by atoms with Crippen molar-refractivity contribution in [1.29, 1.82) is 0 Å². The molecule has 1 rings (SSSR count). The van der Waals surface area contributed by atoms with Crippen LogP contribution in [0.2, 0.25) is 0 Å². The quantitative estimate of drug-likeness (QED) is 0.512. The van der Waals surface area contributed by atoms with E-state index >= 15 is 0 Å². The summed E-state index contributed by atoms with van der Waals surface area (Å²) in [6.45, 7) is 7.73. The average Bonchev–Trinajstić information content (AvgIpc) is 2.80. The lowest BCUT2D eigenvalue weighted by Crippen LogP contribution is -2.44. The highest BCUT2D eigenvalue weighted by molar-refractivity contribution is 8.00. The minimum Gasteiger partial charge on any atom is -0.356 e. The average molecular weight is 300 g/mol. The Bertz CT molecular complexity index is 338. The van der Waals surface area contributed by atoms with Gasteiger partial charge in [0.2, 0.25) is 5.91 Å². The molecule has 6 heteroatoms. The Balaban J connectivity index is 2.21. The maximum absolute atomic E-state index is 11.5. The maximum atomic E-state index is 11.5. The zero-order chi connectivity index (χ0) is 15.0. The first-order valence-electron chi connectivity index (χ1n) is 7.33. The SMILES string of the molecule is CN=C(NCCC(=O)NC(C)C)NCC1(C)CCCS1. The number of carbonyl (C=O) groups is 1. The number of nitrogens with zero attached hydrogens (tertiary/aromatic N) is 1. The largest absolute Gasteiger partial charge is 0.356 e. The van der Waals surface area contributed by atoms with Gasteiger partial charge in [0.1, 0.15) is 0 Å². The molecule has 20 heavy (non-hydrogen) atoms. The van der Waals surface area contributed by atoms with Crippen LogP contribution in [0.5, 0.6) is 0 Å². The van der Waals surface area contributed by atoms with Gasteiger partial charge in [0.05, 0.1) is 0 Å². The minimum absolute atomic E-state index is 0.0706. The summed E-state index contributed by atoms with van der Waals surface area (Å²) < 4.78 is 0.312. The third kappa shape index (κ3) is 6.50. The van der Waals surface area contributed by atoms with Crippen molar-refractivity contribution < 1.29 is 4.79 Å². The number of rotatable bonds is 6. The molecule has 5 nitrogen and oxygen atoms in total. The molecule has 0 radical (unpaired) electrons. The van der Waals surface area contributed by atoms with Crippen molar-refractivity contribution in [3.63, 3.8) is 0 Å². The van der Waals surface area contributed by atoms with E-state index in [0.29, 0.717) is 17.7 Å². The van der Waals surface area contributed by atoms with E-state index in [0.717, 1.165) is 12.5 Å². The Morgan fingerprint density at radius 2 is 2.15 bits per heavy atom. The van der Waals surface area contributed by atoms with Gasteiger partial charge in [0, 0.05) is 37.3 Å². The van der Waals surface area contributed by atoms with E-state index in [2.05, 4.69) is 27.9 Å². The van der Waals surface area contributed by atoms with E-state index in [4.69, 9.17) is 0 Å². The minimum atomic E-state index is 0.0706. The molecule has 0 aromatic rings. The van der Waals surface area contributed by atoms with Gasteiger partial charge in [-0.15, -0.1) is 0 Å². The number of hydrogen-bond acceptors (Lipinski definition) is 3. The van der Waals surface area contributed by atoms with Crippen molar-refractivity contribution in [2.24, 2.45) is 4.99 Å². The van der Waals surface area contributed by atoms with Crippen LogP contribution in [0.25, 0.3) is 0 Å². The Kier molecular flexibility index (Phi) is 7.19. The number of amides is 1. The number of guanidine groups is 1. The predicted octanol–water partition coefficient (Wildman–Crippen LogP) is 1.35. The van der Waals surface area contributed by atoms with Crippen molar-refractivity contribution in [2.75, 3.05) is 25.9 Å². The third-order valence-corrected chi connectivity index (χ3v) is 4.79. The van der Waals surface area contributed by atoms with E-state index in [-0.39, 0.29) is 11.9 Å². The highest BCUT2D eigenvalue weighted by Crippen LogP contribution is 2.36. The molecule has 1 amide bonds. The zero-order valence-corrected chi connectivity index (χ0v) is 13.9. The van der Waals surface area contributed by atoms with Crippen LogP contribution >= 0.6 is 11.8 Å². The molecule has 3 N–H and O–H groups in total. The summed E-state index contributed by atoms with van der Waals surface area (Å²) in [7, 11) is 1.76. The molecule has 0 aromatic carbocycles. The molecule has 116 valence electrons. The summed E-state index contributed by atoms with van der Waals surface area (Å²) in [4.78, 5) is 15.7. The lowest BCUT2D eigenvalue weighted by molar-refractivity contribution is -0.121. The Morgan fingerprint density at radius 3 is 2.70 bits per heavy atom. The van der Waals surface area contributed by atoms with Gasteiger partial charge in [-0.2, -0.15) is 11.8 Å². The van der Waals surface area contributed by atoms with Crippen molar-refractivity contribution in [2.45, 2.75) is 50.8 Å². The van der Waals surface area contributed by atoms with Gasteiger partial charge in [-0.05, 0) is 39.4 Å². The number of nitrogens with one attached hydrogen (secondary N) is 3. The first-order chi connectivity index (χ1) is 9.45. The summed E-state index contributed by atoms with van der Waals surface area (Å²) in [5, 5.41) is 9.41. The second-order valence-electron chi connectivity index (χ2n) is 5.73. The summed E-state index contributed by atoms with van der Waals surface area (Å²) in [5.74, 6) is 2.09. The van der Waals surface area contributed by atoms with Crippen LogP contribution in [0.1, 0.15) is 40.0 Å². The van der Waals surface area contributed by atoms with E-state index in [9.17, 15) is 4.79 Å². The van der Waals surface area contributed by atoms with Crippen molar-refractivity contribution in [3.8, 4) is 0 Å².